The third-order valence-corrected chi connectivity index (χ3v) is 4.03. The molecule has 0 bridgehead atoms. The summed E-state index contributed by atoms with van der Waals surface area (Å²) in [5, 5.41) is 8.33. The quantitative estimate of drug-likeness (QED) is 0.939. The highest BCUT2D eigenvalue weighted by Gasteiger charge is 2.25. The Morgan fingerprint density at radius 3 is 2.90 bits per heavy atom. The van der Waals surface area contributed by atoms with E-state index in [2.05, 4.69) is 40.0 Å². The van der Waals surface area contributed by atoms with Gasteiger partial charge in [0, 0.05) is 18.4 Å². The second-order valence-corrected chi connectivity index (χ2v) is 6.15. The number of aromatic nitrogens is 4. The van der Waals surface area contributed by atoms with E-state index in [4.69, 9.17) is 5.10 Å². The summed E-state index contributed by atoms with van der Waals surface area (Å²) in [5.41, 5.74) is 4.42. The maximum atomic E-state index is 4.79. The van der Waals surface area contributed by atoms with Crippen LogP contribution in [-0.2, 0) is 6.42 Å². The smallest absolute Gasteiger partial charge is 0.148 e. The molecule has 1 aliphatic rings. The number of aryl methyl sites for hydroxylation is 3. The lowest BCUT2D eigenvalue weighted by Gasteiger charge is -2.23. The first-order valence-electron chi connectivity index (χ1n) is 7.69. The van der Waals surface area contributed by atoms with Crippen LogP contribution >= 0.6 is 0 Å². The molecule has 1 atom stereocenters. The summed E-state index contributed by atoms with van der Waals surface area (Å²) < 4.78 is 2.07. The number of rotatable bonds is 3. The SMILES string of the molecule is Cc1cnc(C)c(NC2CCCc3cn(C(C)C)nc32)n1. The van der Waals surface area contributed by atoms with Gasteiger partial charge in [-0.2, -0.15) is 5.10 Å². The highest BCUT2D eigenvalue weighted by atomic mass is 15.3. The first-order chi connectivity index (χ1) is 10.0. The Kier molecular flexibility index (Phi) is 3.66. The molecule has 1 N–H and O–H groups in total. The van der Waals surface area contributed by atoms with Crippen LogP contribution in [0.25, 0.3) is 0 Å². The first kappa shape index (κ1) is 14.0. The largest absolute Gasteiger partial charge is 0.360 e. The number of hydrogen-bond acceptors (Lipinski definition) is 4. The summed E-state index contributed by atoms with van der Waals surface area (Å²) in [7, 11) is 0. The van der Waals surface area contributed by atoms with Crippen LogP contribution in [0.5, 0.6) is 0 Å². The van der Waals surface area contributed by atoms with Crippen LogP contribution in [0.2, 0.25) is 0 Å². The van der Waals surface area contributed by atoms with E-state index >= 15 is 0 Å². The van der Waals surface area contributed by atoms with Crippen molar-refractivity contribution in [3.05, 3.63) is 35.0 Å². The predicted octanol–water partition coefficient (Wildman–Crippen LogP) is 3.36. The molecule has 112 valence electrons. The molecule has 3 rings (SSSR count). The fraction of sp³-hybridized carbons (Fsp3) is 0.562. The van der Waals surface area contributed by atoms with Crippen LogP contribution in [0, 0.1) is 13.8 Å². The maximum absolute atomic E-state index is 4.79. The van der Waals surface area contributed by atoms with Gasteiger partial charge in [-0.15, -0.1) is 0 Å². The summed E-state index contributed by atoms with van der Waals surface area (Å²) in [5.74, 6) is 0.881. The van der Waals surface area contributed by atoms with Crippen LogP contribution in [0.4, 0.5) is 5.82 Å². The van der Waals surface area contributed by atoms with E-state index in [-0.39, 0.29) is 6.04 Å². The summed E-state index contributed by atoms with van der Waals surface area (Å²) in [4.78, 5) is 8.96. The van der Waals surface area contributed by atoms with Gasteiger partial charge in [0.25, 0.3) is 0 Å². The molecule has 1 unspecified atom stereocenters. The van der Waals surface area contributed by atoms with Crippen LogP contribution < -0.4 is 5.32 Å². The Labute approximate surface area is 125 Å². The Morgan fingerprint density at radius 2 is 2.14 bits per heavy atom. The second-order valence-electron chi connectivity index (χ2n) is 6.15. The average molecular weight is 285 g/mol. The van der Waals surface area contributed by atoms with Crippen molar-refractivity contribution >= 4 is 5.82 Å². The van der Waals surface area contributed by atoms with Gasteiger partial charge in [0.15, 0.2) is 0 Å². The molecule has 2 aromatic rings. The van der Waals surface area contributed by atoms with Crippen LogP contribution in [-0.4, -0.2) is 19.7 Å². The zero-order valence-electron chi connectivity index (χ0n) is 13.2. The van der Waals surface area contributed by atoms with Crippen molar-refractivity contribution in [3.63, 3.8) is 0 Å². The molecule has 2 aromatic heterocycles. The minimum absolute atomic E-state index is 0.239. The number of fused-ring (bicyclic) bond motifs is 1. The lowest BCUT2D eigenvalue weighted by Crippen LogP contribution is -2.19. The average Bonchev–Trinajstić information content (AvgIpc) is 2.88. The van der Waals surface area contributed by atoms with Crippen molar-refractivity contribution in [1.29, 1.82) is 0 Å². The Hall–Kier alpha value is -1.91. The Balaban J connectivity index is 1.89. The van der Waals surface area contributed by atoms with Gasteiger partial charge in [0.2, 0.25) is 0 Å². The predicted molar refractivity (Wildman–Crippen MR) is 83.4 cm³/mol. The number of anilines is 1. The molecule has 0 saturated heterocycles. The van der Waals surface area contributed by atoms with E-state index in [1.807, 2.05) is 13.8 Å². The van der Waals surface area contributed by atoms with Crippen molar-refractivity contribution < 1.29 is 0 Å². The summed E-state index contributed by atoms with van der Waals surface area (Å²) in [6.45, 7) is 8.29. The van der Waals surface area contributed by atoms with E-state index in [1.165, 1.54) is 17.7 Å². The van der Waals surface area contributed by atoms with Crippen molar-refractivity contribution in [2.75, 3.05) is 5.32 Å². The molecular formula is C16H23N5. The number of hydrogen-bond donors (Lipinski definition) is 1. The molecule has 0 radical (unpaired) electrons. The van der Waals surface area contributed by atoms with Gasteiger partial charge in [-0.1, -0.05) is 0 Å². The fourth-order valence-corrected chi connectivity index (χ4v) is 2.81. The molecule has 21 heavy (non-hydrogen) atoms. The lowest BCUT2D eigenvalue weighted by molar-refractivity contribution is 0.515. The summed E-state index contributed by atoms with van der Waals surface area (Å²) in [6, 6.07) is 0.639. The van der Waals surface area contributed by atoms with Gasteiger partial charge >= 0.3 is 0 Å². The van der Waals surface area contributed by atoms with Crippen molar-refractivity contribution in [3.8, 4) is 0 Å². The molecule has 1 aliphatic carbocycles. The van der Waals surface area contributed by atoms with E-state index in [0.29, 0.717) is 6.04 Å². The molecule has 0 aromatic carbocycles. The molecule has 0 spiro atoms. The molecule has 0 saturated carbocycles. The van der Waals surface area contributed by atoms with E-state index in [1.54, 1.807) is 6.20 Å². The van der Waals surface area contributed by atoms with Crippen LogP contribution in [0.3, 0.4) is 0 Å². The van der Waals surface area contributed by atoms with Gasteiger partial charge < -0.3 is 5.32 Å². The van der Waals surface area contributed by atoms with Gasteiger partial charge in [-0.3, -0.25) is 9.67 Å². The molecule has 5 nitrogen and oxygen atoms in total. The maximum Gasteiger partial charge on any atom is 0.148 e. The standard InChI is InChI=1S/C16H23N5/c1-10(2)21-9-13-6-5-7-14(15(13)20-21)19-16-12(4)17-8-11(3)18-16/h8-10,14H,5-7H2,1-4H3,(H,18,19). The second kappa shape index (κ2) is 5.47. The van der Waals surface area contributed by atoms with E-state index < -0.39 is 0 Å². The topological polar surface area (TPSA) is 55.6 Å². The Bertz CT molecular complexity index is 644. The van der Waals surface area contributed by atoms with Crippen molar-refractivity contribution in [1.82, 2.24) is 19.7 Å². The third-order valence-electron chi connectivity index (χ3n) is 4.03. The lowest BCUT2D eigenvalue weighted by atomic mass is 9.94. The molecule has 2 heterocycles. The van der Waals surface area contributed by atoms with Gasteiger partial charge in [-0.05, 0) is 52.5 Å². The van der Waals surface area contributed by atoms with Gasteiger partial charge in [-0.25, -0.2) is 4.98 Å². The van der Waals surface area contributed by atoms with E-state index in [9.17, 15) is 0 Å². The zero-order chi connectivity index (χ0) is 15.0. The summed E-state index contributed by atoms with van der Waals surface area (Å²) >= 11 is 0. The molecular weight excluding hydrogens is 262 g/mol. The first-order valence-corrected chi connectivity index (χ1v) is 7.69. The normalized spacial score (nSPS) is 17.9. The zero-order valence-corrected chi connectivity index (χ0v) is 13.2. The number of nitrogens with zero attached hydrogens (tertiary/aromatic N) is 4. The minimum atomic E-state index is 0.239. The highest BCUT2D eigenvalue weighted by Crippen LogP contribution is 2.32. The monoisotopic (exact) mass is 285 g/mol. The molecule has 0 amide bonds. The number of nitrogens with one attached hydrogen (secondary N) is 1. The Morgan fingerprint density at radius 1 is 1.33 bits per heavy atom. The van der Waals surface area contributed by atoms with Crippen LogP contribution in [0.1, 0.15) is 61.4 Å². The van der Waals surface area contributed by atoms with Crippen LogP contribution in [0.15, 0.2) is 12.4 Å². The van der Waals surface area contributed by atoms with Gasteiger partial charge in [0.05, 0.1) is 23.1 Å². The molecule has 0 aliphatic heterocycles. The van der Waals surface area contributed by atoms with E-state index in [0.717, 1.165) is 30.0 Å². The molecule has 5 heteroatoms. The van der Waals surface area contributed by atoms with Crippen molar-refractivity contribution in [2.24, 2.45) is 0 Å². The third kappa shape index (κ3) is 2.77. The minimum Gasteiger partial charge on any atom is -0.360 e. The summed E-state index contributed by atoms with van der Waals surface area (Å²) in [6.07, 6.45) is 7.41. The molecule has 0 fully saturated rings. The van der Waals surface area contributed by atoms with Crippen molar-refractivity contribution in [2.45, 2.75) is 59.0 Å². The highest BCUT2D eigenvalue weighted by molar-refractivity contribution is 5.43. The fourth-order valence-electron chi connectivity index (χ4n) is 2.81. The van der Waals surface area contributed by atoms with Gasteiger partial charge in [0.1, 0.15) is 5.82 Å².